The summed E-state index contributed by atoms with van der Waals surface area (Å²) >= 11 is 1.56. The van der Waals surface area contributed by atoms with Crippen LogP contribution >= 0.6 is 11.8 Å². The summed E-state index contributed by atoms with van der Waals surface area (Å²) in [5.41, 5.74) is 1.38. The standard InChI is InChI=1S/C21H16N2O5S/c1-12-10-17(24)20(21(25)28-12)16-11-19(13-6-8-14(9-7-13)23(26)27)29-18-5-3-2-4-15(18)22-16/h2-10,19,24H,11H2,1H3/t19-/m0/s1. The molecule has 2 aromatic carbocycles. The molecule has 0 saturated carbocycles. The number of aryl methyl sites for hydroxylation is 1. The molecule has 1 atom stereocenters. The lowest BCUT2D eigenvalue weighted by atomic mass is 10.0. The van der Waals surface area contributed by atoms with E-state index >= 15 is 0 Å². The number of non-ortho nitro benzene ring substituents is 1. The molecule has 2 heterocycles. The van der Waals surface area contributed by atoms with Gasteiger partial charge in [0, 0.05) is 34.8 Å². The minimum absolute atomic E-state index is 0.0125. The highest BCUT2D eigenvalue weighted by molar-refractivity contribution is 7.99. The summed E-state index contributed by atoms with van der Waals surface area (Å²) in [4.78, 5) is 28.5. The Balaban J connectivity index is 1.82. The molecule has 0 saturated heterocycles. The number of aromatic hydroxyl groups is 1. The molecule has 0 bridgehead atoms. The molecular formula is C21H16N2O5S. The van der Waals surface area contributed by atoms with Crippen LogP contribution in [0.4, 0.5) is 11.4 Å². The normalized spacial score (nSPS) is 15.9. The second-order valence-electron chi connectivity index (χ2n) is 6.59. The van der Waals surface area contributed by atoms with Gasteiger partial charge in [-0.15, -0.1) is 11.8 Å². The van der Waals surface area contributed by atoms with Crippen LogP contribution in [-0.4, -0.2) is 15.7 Å². The third-order valence-corrected chi connectivity index (χ3v) is 5.91. The minimum atomic E-state index is -0.645. The van der Waals surface area contributed by atoms with Crippen molar-refractivity contribution < 1.29 is 14.4 Å². The van der Waals surface area contributed by atoms with E-state index in [1.54, 1.807) is 30.8 Å². The second kappa shape index (κ2) is 7.56. The van der Waals surface area contributed by atoms with Gasteiger partial charge in [-0.05, 0) is 24.6 Å². The first-order valence-electron chi connectivity index (χ1n) is 8.84. The van der Waals surface area contributed by atoms with Crippen LogP contribution in [-0.2, 0) is 0 Å². The van der Waals surface area contributed by atoms with Crippen LogP contribution in [0.2, 0.25) is 0 Å². The van der Waals surface area contributed by atoms with Crippen molar-refractivity contribution >= 4 is 28.8 Å². The van der Waals surface area contributed by atoms with E-state index in [0.717, 1.165) is 10.5 Å². The van der Waals surface area contributed by atoms with Gasteiger partial charge in [-0.25, -0.2) is 4.79 Å². The lowest BCUT2D eigenvalue weighted by Gasteiger charge is -2.16. The van der Waals surface area contributed by atoms with E-state index in [9.17, 15) is 20.0 Å². The highest BCUT2D eigenvalue weighted by Gasteiger charge is 2.26. The molecule has 7 nitrogen and oxygen atoms in total. The van der Waals surface area contributed by atoms with E-state index in [4.69, 9.17) is 4.42 Å². The summed E-state index contributed by atoms with van der Waals surface area (Å²) in [5.74, 6) is 0.136. The number of hydrogen-bond donors (Lipinski definition) is 1. The van der Waals surface area contributed by atoms with Crippen LogP contribution in [0.15, 0.2) is 73.7 Å². The molecule has 1 aliphatic rings. The maximum Gasteiger partial charge on any atom is 0.348 e. The van der Waals surface area contributed by atoms with Crippen LogP contribution in [0, 0.1) is 17.0 Å². The topological polar surface area (TPSA) is 106 Å². The van der Waals surface area contributed by atoms with Crippen LogP contribution in [0.1, 0.15) is 28.6 Å². The van der Waals surface area contributed by atoms with E-state index in [0.29, 0.717) is 23.6 Å². The molecule has 0 radical (unpaired) electrons. The monoisotopic (exact) mass is 408 g/mol. The number of hydrogen-bond acceptors (Lipinski definition) is 7. The number of rotatable bonds is 3. The number of benzene rings is 2. The van der Waals surface area contributed by atoms with Gasteiger partial charge in [0.05, 0.1) is 16.3 Å². The quantitative estimate of drug-likeness (QED) is 0.487. The highest BCUT2D eigenvalue weighted by atomic mass is 32.2. The maximum atomic E-state index is 12.5. The Hall–Kier alpha value is -3.39. The summed E-state index contributed by atoms with van der Waals surface area (Å²) in [5, 5.41) is 21.2. The largest absolute Gasteiger partial charge is 0.507 e. The van der Waals surface area contributed by atoms with E-state index in [-0.39, 0.29) is 22.3 Å². The fourth-order valence-electron chi connectivity index (χ4n) is 3.23. The number of aliphatic imine (C=N–C) groups is 1. The van der Waals surface area contributed by atoms with Crippen molar-refractivity contribution in [3.05, 3.63) is 92.0 Å². The molecule has 0 spiro atoms. The van der Waals surface area contributed by atoms with Crippen LogP contribution in [0.3, 0.4) is 0 Å². The molecule has 146 valence electrons. The van der Waals surface area contributed by atoms with Crippen LogP contribution in [0.5, 0.6) is 5.75 Å². The van der Waals surface area contributed by atoms with Crippen molar-refractivity contribution in [1.82, 2.24) is 0 Å². The molecule has 1 aromatic heterocycles. The number of para-hydroxylation sites is 1. The molecular weight excluding hydrogens is 392 g/mol. The van der Waals surface area contributed by atoms with Gasteiger partial charge in [0.15, 0.2) is 0 Å². The Morgan fingerprint density at radius 1 is 1.21 bits per heavy atom. The number of thioether (sulfide) groups is 1. The van der Waals surface area contributed by atoms with Gasteiger partial charge in [-0.2, -0.15) is 0 Å². The Labute approximate surface area is 169 Å². The summed E-state index contributed by atoms with van der Waals surface area (Å²) in [6.07, 6.45) is 0.346. The minimum Gasteiger partial charge on any atom is -0.507 e. The SMILES string of the molecule is Cc1cc(O)c(C2=Nc3ccccc3S[C@H](c3ccc([N+](=O)[O-])cc3)C2)c(=O)o1. The predicted molar refractivity (Wildman–Crippen MR) is 110 cm³/mol. The number of fused-ring (bicyclic) bond motifs is 1. The fraction of sp³-hybridized carbons (Fsp3) is 0.143. The van der Waals surface area contributed by atoms with Crippen molar-refractivity contribution in [2.45, 2.75) is 23.5 Å². The summed E-state index contributed by atoms with van der Waals surface area (Å²) < 4.78 is 5.18. The third-order valence-electron chi connectivity index (χ3n) is 4.59. The second-order valence-corrected chi connectivity index (χ2v) is 7.83. The van der Waals surface area contributed by atoms with E-state index in [1.807, 2.05) is 24.3 Å². The van der Waals surface area contributed by atoms with Gasteiger partial charge in [0.1, 0.15) is 17.1 Å². The molecule has 3 aromatic rings. The maximum absolute atomic E-state index is 12.5. The molecule has 0 amide bonds. The summed E-state index contributed by atoms with van der Waals surface area (Å²) in [7, 11) is 0. The van der Waals surface area contributed by atoms with E-state index in [2.05, 4.69) is 4.99 Å². The van der Waals surface area contributed by atoms with Gasteiger partial charge in [-0.3, -0.25) is 15.1 Å². The van der Waals surface area contributed by atoms with Crippen LogP contribution < -0.4 is 5.63 Å². The molecule has 8 heteroatoms. The predicted octanol–water partition coefficient (Wildman–Crippen LogP) is 4.92. The Kier molecular flexibility index (Phi) is 4.94. The lowest BCUT2D eigenvalue weighted by molar-refractivity contribution is -0.384. The zero-order valence-corrected chi connectivity index (χ0v) is 16.2. The van der Waals surface area contributed by atoms with Crippen LogP contribution in [0.25, 0.3) is 0 Å². The molecule has 0 fully saturated rings. The Morgan fingerprint density at radius 3 is 2.62 bits per heavy atom. The Bertz CT molecular complexity index is 1180. The van der Waals surface area contributed by atoms with E-state index in [1.165, 1.54) is 18.2 Å². The molecule has 4 rings (SSSR count). The van der Waals surface area contributed by atoms with Crippen molar-refractivity contribution in [3.63, 3.8) is 0 Å². The van der Waals surface area contributed by atoms with Gasteiger partial charge in [0.25, 0.3) is 5.69 Å². The number of nitro groups is 1. The Morgan fingerprint density at radius 2 is 1.93 bits per heavy atom. The first-order valence-corrected chi connectivity index (χ1v) is 9.72. The zero-order chi connectivity index (χ0) is 20.5. The molecule has 1 N–H and O–H groups in total. The van der Waals surface area contributed by atoms with E-state index < -0.39 is 10.5 Å². The molecule has 0 unspecified atom stereocenters. The first kappa shape index (κ1) is 18.9. The molecule has 0 aliphatic carbocycles. The molecule has 29 heavy (non-hydrogen) atoms. The zero-order valence-electron chi connectivity index (χ0n) is 15.4. The van der Waals surface area contributed by atoms with Crippen molar-refractivity contribution in [1.29, 1.82) is 0 Å². The molecule has 1 aliphatic heterocycles. The van der Waals surface area contributed by atoms with Gasteiger partial charge < -0.3 is 9.52 Å². The fourth-order valence-corrected chi connectivity index (χ4v) is 4.46. The van der Waals surface area contributed by atoms with Crippen molar-refractivity contribution in [2.24, 2.45) is 4.99 Å². The number of nitro benzene ring substituents is 1. The number of nitrogens with zero attached hydrogens (tertiary/aromatic N) is 2. The first-order chi connectivity index (χ1) is 13.9. The summed E-state index contributed by atoms with van der Waals surface area (Å²) in [6, 6.07) is 15.3. The van der Waals surface area contributed by atoms with Gasteiger partial charge in [0.2, 0.25) is 0 Å². The van der Waals surface area contributed by atoms with Gasteiger partial charge >= 0.3 is 5.63 Å². The lowest BCUT2D eigenvalue weighted by Crippen LogP contribution is -2.17. The van der Waals surface area contributed by atoms with Gasteiger partial charge in [-0.1, -0.05) is 24.3 Å². The average Bonchev–Trinajstić information content (AvgIpc) is 2.87. The summed E-state index contributed by atoms with van der Waals surface area (Å²) in [6.45, 7) is 1.59. The highest BCUT2D eigenvalue weighted by Crippen LogP contribution is 2.46. The third kappa shape index (κ3) is 3.79. The van der Waals surface area contributed by atoms with Crippen molar-refractivity contribution in [2.75, 3.05) is 0 Å². The average molecular weight is 408 g/mol. The smallest absolute Gasteiger partial charge is 0.348 e. The van der Waals surface area contributed by atoms with Crippen molar-refractivity contribution in [3.8, 4) is 5.75 Å².